The molecule has 1 aromatic heterocycles. The molecular weight excluding hydrogens is 326 g/mol. The van der Waals surface area contributed by atoms with Crippen LogP contribution in [0.15, 0.2) is 35.7 Å². The first kappa shape index (κ1) is 17.8. The van der Waals surface area contributed by atoms with Crippen molar-refractivity contribution in [2.24, 2.45) is 0 Å². The number of allylic oxidation sites excluding steroid dienone is 2. The number of rotatable bonds is 4. The Balaban J connectivity index is 2.29. The number of hydrogen-bond acceptors (Lipinski definition) is 5. The smallest absolute Gasteiger partial charge is 0.219 e. The lowest BCUT2D eigenvalue weighted by molar-refractivity contribution is 0.322. The molecule has 1 aromatic carbocycles. The molecule has 2 heterocycles. The van der Waals surface area contributed by atoms with Crippen molar-refractivity contribution in [3.63, 3.8) is 0 Å². The maximum absolute atomic E-state index is 9.21. The summed E-state index contributed by atoms with van der Waals surface area (Å²) in [5.74, 6) is 1.27. The van der Waals surface area contributed by atoms with Crippen LogP contribution in [0.2, 0.25) is 0 Å². The standard InChI is InChI=1S/C21H23N3O2/c1-6-26-21-19-18(16-8-7-15(10-22)9-17(16)25-5)13(3)14(4)24-20(19)12(2)11-23-21/h7-9,11,18,24H,6H2,1-5H3. The number of pyridine rings is 1. The third-order valence-electron chi connectivity index (χ3n) is 4.85. The quantitative estimate of drug-likeness (QED) is 0.879. The van der Waals surface area contributed by atoms with Gasteiger partial charge >= 0.3 is 0 Å². The summed E-state index contributed by atoms with van der Waals surface area (Å²) in [5, 5.41) is 12.7. The second-order valence-electron chi connectivity index (χ2n) is 6.40. The highest BCUT2D eigenvalue weighted by Gasteiger charge is 2.32. The molecule has 5 heteroatoms. The monoisotopic (exact) mass is 349 g/mol. The minimum Gasteiger partial charge on any atom is -0.496 e. The lowest BCUT2D eigenvalue weighted by atomic mass is 9.80. The fourth-order valence-electron chi connectivity index (χ4n) is 3.42. The second kappa shape index (κ2) is 7.09. The van der Waals surface area contributed by atoms with E-state index in [-0.39, 0.29) is 5.92 Å². The molecule has 0 bridgehead atoms. The Morgan fingerprint density at radius 1 is 1.27 bits per heavy atom. The largest absolute Gasteiger partial charge is 0.496 e. The highest BCUT2D eigenvalue weighted by atomic mass is 16.5. The van der Waals surface area contributed by atoms with Crippen molar-refractivity contribution in [1.82, 2.24) is 4.98 Å². The molecule has 134 valence electrons. The van der Waals surface area contributed by atoms with Gasteiger partial charge in [0, 0.05) is 28.9 Å². The molecule has 1 atom stereocenters. The van der Waals surface area contributed by atoms with Gasteiger partial charge < -0.3 is 14.8 Å². The summed E-state index contributed by atoms with van der Waals surface area (Å²) in [6, 6.07) is 7.74. The summed E-state index contributed by atoms with van der Waals surface area (Å²) >= 11 is 0. The minimum atomic E-state index is -0.0529. The Kier molecular flexibility index (Phi) is 4.85. The number of benzene rings is 1. The Bertz CT molecular complexity index is 926. The number of hydrogen-bond donors (Lipinski definition) is 1. The molecule has 1 unspecified atom stereocenters. The van der Waals surface area contributed by atoms with Crippen molar-refractivity contribution in [2.45, 2.75) is 33.6 Å². The van der Waals surface area contributed by atoms with Gasteiger partial charge in [0.05, 0.1) is 31.0 Å². The van der Waals surface area contributed by atoms with Crippen molar-refractivity contribution < 1.29 is 9.47 Å². The van der Waals surface area contributed by atoms with E-state index in [4.69, 9.17) is 9.47 Å². The zero-order valence-electron chi connectivity index (χ0n) is 15.8. The average molecular weight is 349 g/mol. The van der Waals surface area contributed by atoms with Crippen molar-refractivity contribution in [3.05, 3.63) is 57.9 Å². The van der Waals surface area contributed by atoms with Crippen LogP contribution in [-0.2, 0) is 0 Å². The molecule has 1 aliphatic heterocycles. The molecule has 3 rings (SSSR count). The van der Waals surface area contributed by atoms with Gasteiger partial charge in [0.15, 0.2) is 0 Å². The first-order valence-electron chi connectivity index (χ1n) is 8.66. The zero-order valence-corrected chi connectivity index (χ0v) is 15.8. The lowest BCUT2D eigenvalue weighted by Gasteiger charge is -2.32. The number of nitrogens with one attached hydrogen (secondary N) is 1. The molecule has 0 saturated carbocycles. The molecule has 1 N–H and O–H groups in total. The van der Waals surface area contributed by atoms with Crippen LogP contribution >= 0.6 is 0 Å². The van der Waals surface area contributed by atoms with E-state index in [9.17, 15) is 5.26 Å². The van der Waals surface area contributed by atoms with E-state index in [1.54, 1.807) is 13.2 Å². The number of aryl methyl sites for hydroxylation is 1. The van der Waals surface area contributed by atoms with Gasteiger partial charge in [0.1, 0.15) is 5.75 Å². The molecule has 0 aliphatic carbocycles. The van der Waals surface area contributed by atoms with Crippen LogP contribution in [0.3, 0.4) is 0 Å². The highest BCUT2D eigenvalue weighted by Crippen LogP contribution is 2.48. The molecule has 5 nitrogen and oxygen atoms in total. The number of methoxy groups -OCH3 is 1. The predicted molar refractivity (Wildman–Crippen MR) is 102 cm³/mol. The maximum atomic E-state index is 9.21. The van der Waals surface area contributed by atoms with Gasteiger partial charge in [-0.2, -0.15) is 5.26 Å². The summed E-state index contributed by atoms with van der Waals surface area (Å²) in [6.07, 6.45) is 1.83. The number of ether oxygens (including phenoxy) is 2. The molecular formula is C21H23N3O2. The molecule has 26 heavy (non-hydrogen) atoms. The van der Waals surface area contributed by atoms with Crippen molar-refractivity contribution in [1.29, 1.82) is 5.26 Å². The van der Waals surface area contributed by atoms with Crippen LogP contribution in [0.5, 0.6) is 11.6 Å². The number of aromatic nitrogens is 1. The topological polar surface area (TPSA) is 67.2 Å². The summed E-state index contributed by atoms with van der Waals surface area (Å²) in [5.41, 5.74) is 6.96. The van der Waals surface area contributed by atoms with Gasteiger partial charge in [-0.05, 0) is 51.0 Å². The summed E-state index contributed by atoms with van der Waals surface area (Å²) in [7, 11) is 1.63. The van der Waals surface area contributed by atoms with E-state index in [2.05, 4.69) is 30.2 Å². The predicted octanol–water partition coefficient (Wildman–Crippen LogP) is 4.52. The highest BCUT2D eigenvalue weighted by molar-refractivity contribution is 5.71. The Morgan fingerprint density at radius 3 is 2.69 bits per heavy atom. The Labute approximate surface area is 154 Å². The fraction of sp³-hybridized carbons (Fsp3) is 0.333. The van der Waals surface area contributed by atoms with E-state index in [0.29, 0.717) is 23.8 Å². The molecule has 0 spiro atoms. The van der Waals surface area contributed by atoms with Gasteiger partial charge in [-0.1, -0.05) is 6.07 Å². The summed E-state index contributed by atoms with van der Waals surface area (Å²) in [6.45, 7) is 8.71. The Morgan fingerprint density at radius 2 is 2.04 bits per heavy atom. The SMILES string of the molecule is CCOc1ncc(C)c2c1C(c1ccc(C#N)cc1OC)C(C)=C(C)N2. The first-order valence-corrected chi connectivity index (χ1v) is 8.66. The van der Waals surface area contributed by atoms with Gasteiger partial charge in [0.2, 0.25) is 5.88 Å². The fourth-order valence-corrected chi connectivity index (χ4v) is 3.42. The average Bonchev–Trinajstić information content (AvgIpc) is 2.65. The minimum absolute atomic E-state index is 0.0529. The van der Waals surface area contributed by atoms with Gasteiger partial charge in [0.25, 0.3) is 0 Å². The van der Waals surface area contributed by atoms with E-state index in [1.807, 2.05) is 32.2 Å². The van der Waals surface area contributed by atoms with Crippen molar-refractivity contribution in [3.8, 4) is 17.7 Å². The van der Waals surface area contributed by atoms with Gasteiger partial charge in [-0.3, -0.25) is 0 Å². The van der Waals surface area contributed by atoms with Crippen molar-refractivity contribution >= 4 is 5.69 Å². The number of anilines is 1. The van der Waals surface area contributed by atoms with Crippen LogP contribution in [0.4, 0.5) is 5.69 Å². The first-order chi connectivity index (χ1) is 12.5. The molecule has 1 aliphatic rings. The maximum Gasteiger partial charge on any atom is 0.219 e. The van der Waals surface area contributed by atoms with E-state index in [1.165, 1.54) is 5.57 Å². The van der Waals surface area contributed by atoms with Gasteiger partial charge in [-0.25, -0.2) is 4.98 Å². The van der Waals surface area contributed by atoms with Gasteiger partial charge in [-0.15, -0.1) is 0 Å². The third-order valence-corrected chi connectivity index (χ3v) is 4.85. The zero-order chi connectivity index (χ0) is 18.8. The Hall–Kier alpha value is -3.00. The van der Waals surface area contributed by atoms with Crippen LogP contribution in [0, 0.1) is 18.3 Å². The van der Waals surface area contributed by atoms with Crippen LogP contribution in [0.1, 0.15) is 48.9 Å². The summed E-state index contributed by atoms with van der Waals surface area (Å²) in [4.78, 5) is 4.53. The lowest BCUT2D eigenvalue weighted by Crippen LogP contribution is -2.19. The normalized spacial score (nSPS) is 15.8. The van der Waals surface area contributed by atoms with Crippen LogP contribution < -0.4 is 14.8 Å². The second-order valence-corrected chi connectivity index (χ2v) is 6.40. The molecule has 0 saturated heterocycles. The van der Waals surface area contributed by atoms with Crippen LogP contribution in [0.25, 0.3) is 0 Å². The van der Waals surface area contributed by atoms with Crippen LogP contribution in [-0.4, -0.2) is 18.7 Å². The van der Waals surface area contributed by atoms with E-state index in [0.717, 1.165) is 28.1 Å². The number of nitrogens with zero attached hydrogens (tertiary/aromatic N) is 2. The van der Waals surface area contributed by atoms with E-state index < -0.39 is 0 Å². The molecule has 2 aromatic rings. The number of nitriles is 1. The molecule has 0 radical (unpaired) electrons. The number of fused-ring (bicyclic) bond motifs is 1. The third kappa shape index (κ3) is 2.88. The van der Waals surface area contributed by atoms with Crippen molar-refractivity contribution in [2.75, 3.05) is 19.0 Å². The summed E-state index contributed by atoms with van der Waals surface area (Å²) < 4.78 is 11.5. The van der Waals surface area contributed by atoms with E-state index >= 15 is 0 Å². The molecule has 0 fully saturated rings. The molecule has 0 amide bonds.